The molecule has 0 radical (unpaired) electrons. The lowest BCUT2D eigenvalue weighted by atomic mass is 9.70. The second-order valence-electron chi connectivity index (χ2n) is 8.22. The van der Waals surface area contributed by atoms with Gasteiger partial charge < -0.3 is 9.47 Å². The van der Waals surface area contributed by atoms with Gasteiger partial charge in [-0.05, 0) is 34.4 Å². The van der Waals surface area contributed by atoms with Crippen LogP contribution in [0.1, 0.15) is 58.1 Å². The minimum atomic E-state index is 0.0810. The first-order chi connectivity index (χ1) is 13.2. The van der Waals surface area contributed by atoms with Crippen LogP contribution in [0.15, 0.2) is 60.7 Å². The van der Waals surface area contributed by atoms with E-state index in [4.69, 9.17) is 9.47 Å². The Morgan fingerprint density at radius 3 is 1.33 bits per heavy atom. The van der Waals surface area contributed by atoms with Crippen LogP contribution in [-0.2, 0) is 0 Å². The van der Waals surface area contributed by atoms with Crippen molar-refractivity contribution >= 4 is 0 Å². The summed E-state index contributed by atoms with van der Waals surface area (Å²) < 4.78 is 11.7. The monoisotopic (exact) mass is 354 g/mol. The van der Waals surface area contributed by atoms with Gasteiger partial charge in [0.2, 0.25) is 0 Å². The van der Waals surface area contributed by atoms with E-state index < -0.39 is 0 Å². The molecule has 0 aromatic heterocycles. The smallest absolute Gasteiger partial charge is 0.123 e. The second kappa shape index (κ2) is 4.95. The molecule has 0 fully saturated rings. The molecule has 0 bridgehead atoms. The lowest BCUT2D eigenvalue weighted by Crippen LogP contribution is -2.23. The number of fused-ring (bicyclic) bond motifs is 9. The molecule has 27 heavy (non-hydrogen) atoms. The molecular formula is C25H22O2. The highest BCUT2D eigenvalue weighted by Gasteiger charge is 2.66. The molecule has 3 aliphatic carbocycles. The van der Waals surface area contributed by atoms with Gasteiger partial charge in [0, 0.05) is 34.3 Å². The van der Waals surface area contributed by atoms with Crippen LogP contribution in [0.4, 0.5) is 0 Å². The summed E-state index contributed by atoms with van der Waals surface area (Å²) in [6.45, 7) is 2.48. The van der Waals surface area contributed by atoms with Gasteiger partial charge in [-0.2, -0.15) is 0 Å². The molecule has 3 aromatic rings. The zero-order valence-corrected chi connectivity index (χ0v) is 15.8. The van der Waals surface area contributed by atoms with E-state index >= 15 is 0 Å². The van der Waals surface area contributed by atoms with Crippen LogP contribution in [0.2, 0.25) is 0 Å². The quantitative estimate of drug-likeness (QED) is 0.609. The van der Waals surface area contributed by atoms with E-state index in [0.29, 0.717) is 17.8 Å². The number of hydrogen-bond donors (Lipinski definition) is 0. The zero-order valence-electron chi connectivity index (χ0n) is 15.8. The fraction of sp³-hybridized carbons (Fsp3) is 0.280. The third-order valence-electron chi connectivity index (χ3n) is 7.33. The molecule has 2 unspecified atom stereocenters. The molecule has 0 aliphatic heterocycles. The van der Waals surface area contributed by atoms with E-state index in [1.54, 1.807) is 14.2 Å². The zero-order chi connectivity index (χ0) is 18.3. The molecule has 0 spiro atoms. The van der Waals surface area contributed by atoms with E-state index in [2.05, 4.69) is 67.6 Å². The number of ether oxygens (including phenoxy) is 2. The maximum atomic E-state index is 5.86. The molecule has 134 valence electrons. The summed E-state index contributed by atoms with van der Waals surface area (Å²) >= 11 is 0. The van der Waals surface area contributed by atoms with Gasteiger partial charge in [-0.25, -0.2) is 0 Å². The van der Waals surface area contributed by atoms with Crippen LogP contribution in [-0.4, -0.2) is 14.2 Å². The number of methoxy groups -OCH3 is 2. The lowest BCUT2D eigenvalue weighted by Gasteiger charge is -2.31. The molecule has 3 aromatic carbocycles. The van der Waals surface area contributed by atoms with Gasteiger partial charge in [-0.3, -0.25) is 0 Å². The van der Waals surface area contributed by atoms with E-state index in [-0.39, 0.29) is 5.41 Å². The SMILES string of the molecule is COc1ccc(OC)c2c1[C@H]1c3ccccc3C3c4ccccc4[C@@H]2C31C. The fourth-order valence-corrected chi connectivity index (χ4v) is 6.56. The largest absolute Gasteiger partial charge is 0.496 e. The second-order valence-corrected chi connectivity index (χ2v) is 8.22. The molecule has 4 atom stereocenters. The van der Waals surface area contributed by atoms with E-state index in [0.717, 1.165) is 11.5 Å². The van der Waals surface area contributed by atoms with E-state index in [1.165, 1.54) is 33.4 Å². The number of rotatable bonds is 2. The van der Waals surface area contributed by atoms with Crippen LogP contribution >= 0.6 is 0 Å². The molecule has 2 heteroatoms. The third kappa shape index (κ3) is 1.55. The summed E-state index contributed by atoms with van der Waals surface area (Å²) in [5.41, 5.74) is 8.61. The van der Waals surface area contributed by atoms with Crippen LogP contribution in [0, 0.1) is 5.41 Å². The Morgan fingerprint density at radius 1 is 0.593 bits per heavy atom. The van der Waals surface area contributed by atoms with Gasteiger partial charge in [0.1, 0.15) is 11.5 Å². The lowest BCUT2D eigenvalue weighted by molar-refractivity contribution is 0.283. The summed E-state index contributed by atoms with van der Waals surface area (Å²) in [7, 11) is 3.57. The van der Waals surface area contributed by atoms with Gasteiger partial charge in [0.15, 0.2) is 0 Å². The van der Waals surface area contributed by atoms with Crippen molar-refractivity contribution in [1.29, 1.82) is 0 Å². The first kappa shape index (κ1) is 15.3. The molecule has 0 heterocycles. The number of hydrogen-bond acceptors (Lipinski definition) is 2. The normalized spacial score (nSPS) is 28.3. The average Bonchev–Trinajstić information content (AvgIpc) is 3.23. The van der Waals surface area contributed by atoms with Gasteiger partial charge >= 0.3 is 0 Å². The van der Waals surface area contributed by atoms with Crippen molar-refractivity contribution in [3.8, 4) is 11.5 Å². The highest BCUT2D eigenvalue weighted by molar-refractivity contribution is 5.72. The summed E-state index contributed by atoms with van der Waals surface area (Å²) in [5.74, 6) is 3.05. The van der Waals surface area contributed by atoms with Gasteiger partial charge in [-0.15, -0.1) is 0 Å². The van der Waals surface area contributed by atoms with Gasteiger partial charge in [0.25, 0.3) is 0 Å². The molecule has 0 amide bonds. The van der Waals surface area contributed by atoms with Crippen LogP contribution in [0.25, 0.3) is 0 Å². The molecular weight excluding hydrogens is 332 g/mol. The standard InChI is InChI=1S/C25H22O2/c1-25-22-14-8-4-6-10-16(14)23(25)20-18(26-2)12-13-19(27-3)21(20)24(25)17-11-7-5-9-15(17)22/h4-13,22-24H,1-3H3/t22?,23-,24+,25?. The van der Waals surface area contributed by atoms with Crippen molar-refractivity contribution in [2.45, 2.75) is 24.7 Å². The Balaban J connectivity index is 1.80. The minimum Gasteiger partial charge on any atom is -0.496 e. The van der Waals surface area contributed by atoms with Crippen LogP contribution in [0.3, 0.4) is 0 Å². The van der Waals surface area contributed by atoms with Crippen molar-refractivity contribution < 1.29 is 9.47 Å². The Bertz CT molecular complexity index is 1010. The van der Waals surface area contributed by atoms with Gasteiger partial charge in [-0.1, -0.05) is 55.5 Å². The Morgan fingerprint density at radius 2 is 0.963 bits per heavy atom. The van der Waals surface area contributed by atoms with Crippen LogP contribution in [0.5, 0.6) is 11.5 Å². The molecule has 3 aliphatic rings. The Kier molecular flexibility index (Phi) is 2.81. The summed E-state index contributed by atoms with van der Waals surface area (Å²) in [4.78, 5) is 0. The van der Waals surface area contributed by atoms with Crippen molar-refractivity contribution in [2.75, 3.05) is 14.2 Å². The van der Waals surface area contributed by atoms with Crippen LogP contribution < -0.4 is 9.47 Å². The maximum absolute atomic E-state index is 5.86. The highest BCUT2D eigenvalue weighted by Crippen LogP contribution is 2.77. The topological polar surface area (TPSA) is 18.5 Å². The van der Waals surface area contributed by atoms with Gasteiger partial charge in [0.05, 0.1) is 14.2 Å². The first-order valence-corrected chi connectivity index (χ1v) is 9.64. The predicted octanol–water partition coefficient (Wildman–Crippen LogP) is 5.45. The van der Waals surface area contributed by atoms with E-state index in [1.807, 2.05) is 0 Å². The third-order valence-corrected chi connectivity index (χ3v) is 7.33. The van der Waals surface area contributed by atoms with Crippen molar-refractivity contribution in [3.05, 3.63) is 94.0 Å². The Hall–Kier alpha value is -2.74. The predicted molar refractivity (Wildman–Crippen MR) is 106 cm³/mol. The Labute approximate surface area is 159 Å². The summed E-state index contributed by atoms with van der Waals surface area (Å²) in [6, 6.07) is 22.2. The highest BCUT2D eigenvalue weighted by atomic mass is 16.5. The minimum absolute atomic E-state index is 0.0810. The molecule has 0 saturated carbocycles. The fourth-order valence-electron chi connectivity index (χ4n) is 6.56. The molecule has 2 nitrogen and oxygen atoms in total. The van der Waals surface area contributed by atoms with Crippen molar-refractivity contribution in [3.63, 3.8) is 0 Å². The molecule has 0 saturated heterocycles. The first-order valence-electron chi connectivity index (χ1n) is 9.64. The molecule has 6 rings (SSSR count). The summed E-state index contributed by atoms with van der Waals surface area (Å²) in [5, 5.41) is 0. The maximum Gasteiger partial charge on any atom is 0.123 e. The van der Waals surface area contributed by atoms with Crippen molar-refractivity contribution in [2.24, 2.45) is 5.41 Å². The molecule has 0 N–H and O–H groups in total. The average molecular weight is 354 g/mol. The summed E-state index contributed by atoms with van der Waals surface area (Å²) in [6.07, 6.45) is 0. The number of benzene rings is 3. The van der Waals surface area contributed by atoms with Crippen molar-refractivity contribution in [1.82, 2.24) is 0 Å². The van der Waals surface area contributed by atoms with E-state index in [9.17, 15) is 0 Å².